The number of carbonyl (C=O) groups excluding carboxylic acids is 2. The third-order valence-electron chi connectivity index (χ3n) is 3.61. The van der Waals surface area contributed by atoms with Crippen LogP contribution in [0.2, 0.25) is 0 Å². The maximum absolute atomic E-state index is 10.8. The summed E-state index contributed by atoms with van der Waals surface area (Å²) in [5, 5.41) is 22.3. The van der Waals surface area contributed by atoms with Crippen LogP contribution in [0, 0.1) is 0 Å². The summed E-state index contributed by atoms with van der Waals surface area (Å²) in [5.74, 6) is -2.92. The lowest BCUT2D eigenvalue weighted by atomic mass is 10.1. The van der Waals surface area contributed by atoms with Crippen molar-refractivity contribution < 1.29 is 30.8 Å². The van der Waals surface area contributed by atoms with Crippen molar-refractivity contribution in [1.82, 2.24) is 10.6 Å². The summed E-state index contributed by atoms with van der Waals surface area (Å²) in [7, 11) is 0. The highest BCUT2D eigenvalue weighted by molar-refractivity contribution is 5.96. The van der Waals surface area contributed by atoms with E-state index in [2.05, 4.69) is 10.6 Å². The van der Waals surface area contributed by atoms with Crippen molar-refractivity contribution in [3.8, 4) is 0 Å². The van der Waals surface area contributed by atoms with Gasteiger partial charge in [0, 0.05) is 21.7 Å². The van der Waals surface area contributed by atoms with Gasteiger partial charge in [0.25, 0.3) is 0 Å². The predicted molar refractivity (Wildman–Crippen MR) is 113 cm³/mol. The van der Waals surface area contributed by atoms with Crippen LogP contribution >= 0.6 is 0 Å². The first-order valence-electron chi connectivity index (χ1n) is 9.00. The van der Waals surface area contributed by atoms with Gasteiger partial charge in [0.1, 0.15) is 11.7 Å². The number of carbonyl (C=O) groups is 4. The summed E-state index contributed by atoms with van der Waals surface area (Å²) >= 11 is 0. The second-order valence-electron chi connectivity index (χ2n) is 6.24. The molecule has 8 heteroatoms. The molecule has 0 saturated heterocycles. The Kier molecular flexibility index (Phi) is 10.0. The van der Waals surface area contributed by atoms with Gasteiger partial charge < -0.3 is 20.8 Å². The Morgan fingerprint density at radius 1 is 0.900 bits per heavy atom. The predicted octanol–water partition coefficient (Wildman–Crippen LogP) is 2.31. The highest BCUT2D eigenvalue weighted by atomic mass is 16.4. The minimum Gasteiger partial charge on any atom is -0.480 e. The summed E-state index contributed by atoms with van der Waals surface area (Å²) in [5.41, 5.74) is 1.48. The summed E-state index contributed by atoms with van der Waals surface area (Å²) in [6.07, 6.45) is 1.71. The van der Waals surface area contributed by atoms with Crippen LogP contribution in [0.3, 0.4) is 0 Å². The monoisotopic (exact) mass is 414 g/mol. The summed E-state index contributed by atoms with van der Waals surface area (Å²) in [6.45, 7) is 2.57. The minimum atomic E-state index is -1.16. The zero-order chi connectivity index (χ0) is 22.5. The Bertz CT molecular complexity index is 901. The zero-order valence-corrected chi connectivity index (χ0v) is 16.7. The normalized spacial score (nSPS) is 11.3. The minimum absolute atomic E-state index is 0. The molecule has 0 aliphatic heterocycles. The molecule has 2 aromatic rings. The second kappa shape index (κ2) is 12.5. The molecule has 4 N–H and O–H groups in total. The highest BCUT2D eigenvalue weighted by Gasteiger charge is 2.18. The van der Waals surface area contributed by atoms with Gasteiger partial charge in [-0.3, -0.25) is 9.59 Å². The molecule has 30 heavy (non-hydrogen) atoms. The lowest BCUT2D eigenvalue weighted by Crippen LogP contribution is -2.41. The van der Waals surface area contributed by atoms with E-state index in [9.17, 15) is 19.2 Å². The summed E-state index contributed by atoms with van der Waals surface area (Å²) in [6, 6.07) is 17.3. The number of hydrogen-bond donors (Lipinski definition) is 4. The van der Waals surface area contributed by atoms with E-state index in [1.54, 1.807) is 24.3 Å². The van der Waals surface area contributed by atoms with Crippen molar-refractivity contribution >= 4 is 29.8 Å². The third kappa shape index (κ3) is 9.84. The first-order chi connectivity index (χ1) is 14.2. The maximum atomic E-state index is 10.8. The number of hydrogen-bond acceptors (Lipinski definition) is 4. The van der Waals surface area contributed by atoms with Crippen LogP contribution in [-0.2, 0) is 25.6 Å². The number of amides is 2. The lowest BCUT2D eigenvalue weighted by molar-refractivity contribution is -0.141. The molecule has 1 unspecified atom stereocenters. The van der Waals surface area contributed by atoms with Gasteiger partial charge in [-0.25, -0.2) is 9.59 Å². The fourth-order valence-electron chi connectivity index (χ4n) is 2.35. The molecule has 0 aliphatic rings. The second-order valence-corrected chi connectivity index (χ2v) is 6.24. The van der Waals surface area contributed by atoms with E-state index in [0.29, 0.717) is 6.42 Å². The molecule has 0 fully saturated rings. The summed E-state index contributed by atoms with van der Waals surface area (Å²) in [4.78, 5) is 43.1. The van der Waals surface area contributed by atoms with Gasteiger partial charge in [0.05, 0.1) is 0 Å². The molecule has 2 rings (SSSR count). The van der Waals surface area contributed by atoms with Gasteiger partial charge in [-0.2, -0.15) is 0 Å². The topological polar surface area (TPSA) is 133 Å². The smallest absolute Gasteiger partial charge is 0.352 e. The number of carboxylic acid groups (broad SMARTS) is 2. The van der Waals surface area contributed by atoms with Crippen molar-refractivity contribution in [3.05, 3.63) is 77.5 Å². The number of rotatable bonds is 7. The fourth-order valence-corrected chi connectivity index (χ4v) is 2.35. The van der Waals surface area contributed by atoms with Gasteiger partial charge in [-0.05, 0) is 17.2 Å². The molecule has 0 radical (unpaired) electrons. The van der Waals surface area contributed by atoms with Gasteiger partial charge in [0.2, 0.25) is 11.8 Å². The Balaban J connectivity index is 0.000000562. The molecule has 160 valence electrons. The third-order valence-corrected chi connectivity index (χ3v) is 3.61. The summed E-state index contributed by atoms with van der Waals surface area (Å²) < 4.78 is 0. The van der Waals surface area contributed by atoms with E-state index in [1.165, 1.54) is 19.9 Å². The lowest BCUT2D eigenvalue weighted by Gasteiger charge is -2.12. The van der Waals surface area contributed by atoms with Crippen LogP contribution in [0.15, 0.2) is 66.4 Å². The van der Waals surface area contributed by atoms with Crippen molar-refractivity contribution in [1.29, 1.82) is 0 Å². The van der Waals surface area contributed by atoms with E-state index in [1.807, 2.05) is 36.4 Å². The molecule has 0 heterocycles. The SMILES string of the molecule is CC(=O)N/C(=C\c1ccccc1)C(=O)O.CC(=O)NC(Cc1ccccc1)C(=O)O.[HH]. The molecular weight excluding hydrogens is 388 g/mol. The Hall–Kier alpha value is -3.94. The quantitative estimate of drug-likeness (QED) is 0.514. The molecule has 0 saturated carbocycles. The van der Waals surface area contributed by atoms with Crippen LogP contribution in [0.25, 0.3) is 6.08 Å². The average Bonchev–Trinajstić information content (AvgIpc) is 2.68. The van der Waals surface area contributed by atoms with E-state index >= 15 is 0 Å². The largest absolute Gasteiger partial charge is 0.480 e. The maximum Gasteiger partial charge on any atom is 0.352 e. The van der Waals surface area contributed by atoms with Crippen molar-refractivity contribution in [2.24, 2.45) is 0 Å². The van der Waals surface area contributed by atoms with Crippen LogP contribution in [-0.4, -0.2) is 40.0 Å². The first-order valence-corrected chi connectivity index (χ1v) is 9.00. The molecule has 8 nitrogen and oxygen atoms in total. The number of aliphatic carboxylic acids is 2. The van der Waals surface area contributed by atoms with E-state index in [0.717, 1.165) is 11.1 Å². The zero-order valence-electron chi connectivity index (χ0n) is 16.7. The first kappa shape index (κ1) is 24.1. The van der Waals surface area contributed by atoms with Crippen molar-refractivity contribution in [2.75, 3.05) is 0 Å². The van der Waals surface area contributed by atoms with Crippen LogP contribution in [0.4, 0.5) is 0 Å². The van der Waals surface area contributed by atoms with Crippen molar-refractivity contribution in [3.63, 3.8) is 0 Å². The molecule has 0 aromatic heterocycles. The average molecular weight is 414 g/mol. The van der Waals surface area contributed by atoms with E-state index in [-0.39, 0.29) is 13.0 Å². The van der Waals surface area contributed by atoms with E-state index in [4.69, 9.17) is 10.2 Å². The standard InChI is InChI=1S/C11H13NO3.C11H11NO3.H2/c2*1-8(13)12-10(11(14)15)7-9-5-3-2-4-6-9;/h2-6,10H,7H2,1H3,(H,12,13)(H,14,15);2-7H,1H3,(H,12,13)(H,14,15);1H/b;10-7-;. The molecule has 2 aromatic carbocycles. The molecule has 1 atom stereocenters. The molecular formula is C22H26N2O6. The fraction of sp³-hybridized carbons (Fsp3) is 0.182. The van der Waals surface area contributed by atoms with E-state index < -0.39 is 23.9 Å². The molecule has 0 spiro atoms. The Labute approximate surface area is 175 Å². The number of carboxylic acids is 2. The molecule has 0 bridgehead atoms. The van der Waals surface area contributed by atoms with Gasteiger partial charge in [0.15, 0.2) is 0 Å². The van der Waals surface area contributed by atoms with Crippen molar-refractivity contribution in [2.45, 2.75) is 26.3 Å². The highest BCUT2D eigenvalue weighted by Crippen LogP contribution is 2.05. The Morgan fingerprint density at radius 3 is 1.87 bits per heavy atom. The van der Waals surface area contributed by atoms with Crippen LogP contribution in [0.5, 0.6) is 0 Å². The van der Waals surface area contributed by atoms with Crippen LogP contribution in [0.1, 0.15) is 26.4 Å². The Morgan fingerprint density at radius 2 is 1.43 bits per heavy atom. The number of benzene rings is 2. The van der Waals surface area contributed by atoms with Gasteiger partial charge >= 0.3 is 11.9 Å². The van der Waals surface area contributed by atoms with Gasteiger partial charge in [-0.1, -0.05) is 60.7 Å². The molecule has 2 amide bonds. The molecule has 0 aliphatic carbocycles. The number of nitrogens with one attached hydrogen (secondary N) is 2. The van der Waals surface area contributed by atoms with Gasteiger partial charge in [-0.15, -0.1) is 0 Å². The van der Waals surface area contributed by atoms with Crippen LogP contribution < -0.4 is 10.6 Å².